The summed E-state index contributed by atoms with van der Waals surface area (Å²) in [5, 5.41) is 13.3. The van der Waals surface area contributed by atoms with Crippen LogP contribution in [0.3, 0.4) is 0 Å². The molecule has 0 saturated carbocycles. The molecule has 19 heavy (non-hydrogen) atoms. The van der Waals surface area contributed by atoms with E-state index in [1.165, 1.54) is 12.8 Å². The number of hydrogen-bond acceptors (Lipinski definition) is 4. The van der Waals surface area contributed by atoms with Crippen LogP contribution in [0.2, 0.25) is 0 Å². The van der Waals surface area contributed by atoms with Gasteiger partial charge in [0.1, 0.15) is 0 Å². The number of benzene rings is 1. The number of piperidine rings is 1. The van der Waals surface area contributed by atoms with Crippen molar-refractivity contribution < 1.29 is 9.84 Å². The second kappa shape index (κ2) is 6.78. The zero-order valence-corrected chi connectivity index (χ0v) is 11.9. The van der Waals surface area contributed by atoms with Crippen LogP contribution in [0.4, 0.5) is 0 Å². The molecule has 1 fully saturated rings. The van der Waals surface area contributed by atoms with Gasteiger partial charge in [-0.2, -0.15) is 0 Å². The highest BCUT2D eigenvalue weighted by Gasteiger charge is 2.19. The van der Waals surface area contributed by atoms with E-state index in [1.54, 1.807) is 13.2 Å². The van der Waals surface area contributed by atoms with Gasteiger partial charge in [-0.25, -0.2) is 0 Å². The number of phenolic OH excluding ortho intramolecular Hbond substituents is 1. The van der Waals surface area contributed by atoms with E-state index >= 15 is 0 Å². The molecule has 0 radical (unpaired) electrons. The van der Waals surface area contributed by atoms with Gasteiger partial charge in [-0.05, 0) is 51.5 Å². The van der Waals surface area contributed by atoms with Crippen molar-refractivity contribution in [2.75, 3.05) is 33.8 Å². The van der Waals surface area contributed by atoms with E-state index in [4.69, 9.17) is 4.74 Å². The fraction of sp³-hybridized carbons (Fsp3) is 0.600. The molecule has 0 aromatic heterocycles. The molecule has 0 spiro atoms. The van der Waals surface area contributed by atoms with Crippen LogP contribution in [0, 0.1) is 5.92 Å². The van der Waals surface area contributed by atoms with Gasteiger partial charge < -0.3 is 15.2 Å². The second-order valence-corrected chi connectivity index (χ2v) is 5.25. The normalized spacial score (nSPS) is 17.6. The third kappa shape index (κ3) is 3.61. The first-order valence-electron chi connectivity index (χ1n) is 6.96. The van der Waals surface area contributed by atoms with Crippen LogP contribution >= 0.6 is 0 Å². The third-order valence-electron chi connectivity index (χ3n) is 3.90. The number of rotatable bonds is 5. The highest BCUT2D eigenvalue weighted by atomic mass is 16.5. The number of methoxy groups -OCH3 is 1. The summed E-state index contributed by atoms with van der Waals surface area (Å²) in [5.41, 5.74) is 0.950. The summed E-state index contributed by atoms with van der Waals surface area (Å²) in [5.74, 6) is 1.63. The minimum Gasteiger partial charge on any atom is -0.504 e. The van der Waals surface area contributed by atoms with Crippen LogP contribution < -0.4 is 10.1 Å². The van der Waals surface area contributed by atoms with Crippen molar-refractivity contribution in [3.63, 3.8) is 0 Å². The number of nitrogens with one attached hydrogen (secondary N) is 1. The van der Waals surface area contributed by atoms with Crippen LogP contribution in [0.25, 0.3) is 0 Å². The highest BCUT2D eigenvalue weighted by Crippen LogP contribution is 2.31. The van der Waals surface area contributed by atoms with Crippen molar-refractivity contribution in [2.24, 2.45) is 5.92 Å². The van der Waals surface area contributed by atoms with Crippen molar-refractivity contribution >= 4 is 0 Å². The highest BCUT2D eigenvalue weighted by molar-refractivity contribution is 5.45. The van der Waals surface area contributed by atoms with Crippen LogP contribution in [0.5, 0.6) is 11.5 Å². The lowest BCUT2D eigenvalue weighted by Crippen LogP contribution is -2.36. The summed E-state index contributed by atoms with van der Waals surface area (Å²) in [6.07, 6.45) is 2.46. The number of likely N-dealkylation sites (tertiary alicyclic amines) is 1. The zero-order chi connectivity index (χ0) is 13.7. The molecule has 0 bridgehead atoms. The molecule has 106 valence electrons. The minimum atomic E-state index is 0.280. The summed E-state index contributed by atoms with van der Waals surface area (Å²) in [4.78, 5) is 2.40. The Kier molecular flexibility index (Phi) is 5.05. The molecule has 4 nitrogen and oxygen atoms in total. The van der Waals surface area contributed by atoms with Gasteiger partial charge >= 0.3 is 0 Å². The molecule has 1 aromatic carbocycles. The number of ether oxygens (including phenoxy) is 1. The first-order valence-corrected chi connectivity index (χ1v) is 6.96. The Bertz CT molecular complexity index is 401. The van der Waals surface area contributed by atoms with Gasteiger partial charge in [0.2, 0.25) is 0 Å². The Morgan fingerprint density at radius 3 is 2.74 bits per heavy atom. The van der Waals surface area contributed by atoms with Gasteiger partial charge in [0.15, 0.2) is 11.5 Å². The molecule has 1 aliphatic rings. The maximum atomic E-state index is 10.1. The Hall–Kier alpha value is -1.26. The summed E-state index contributed by atoms with van der Waals surface area (Å²) < 4.78 is 5.15. The van der Waals surface area contributed by atoms with Crippen molar-refractivity contribution in [1.29, 1.82) is 0 Å². The molecule has 1 aromatic rings. The van der Waals surface area contributed by atoms with Gasteiger partial charge in [-0.1, -0.05) is 12.1 Å². The molecular weight excluding hydrogens is 240 g/mol. The van der Waals surface area contributed by atoms with Gasteiger partial charge in [-0.15, -0.1) is 0 Å². The summed E-state index contributed by atoms with van der Waals surface area (Å²) in [7, 11) is 3.60. The number of aromatic hydroxyl groups is 1. The molecule has 2 N–H and O–H groups in total. The topological polar surface area (TPSA) is 44.7 Å². The molecule has 1 saturated heterocycles. The maximum absolute atomic E-state index is 10.1. The van der Waals surface area contributed by atoms with Gasteiger partial charge in [0.25, 0.3) is 0 Å². The first kappa shape index (κ1) is 14.2. The molecule has 4 heteroatoms. The largest absolute Gasteiger partial charge is 0.504 e. The molecule has 0 unspecified atom stereocenters. The molecule has 2 rings (SSSR count). The number of phenols is 1. The fourth-order valence-electron chi connectivity index (χ4n) is 2.74. The summed E-state index contributed by atoms with van der Waals surface area (Å²) in [6, 6.07) is 5.69. The van der Waals surface area contributed by atoms with E-state index in [2.05, 4.69) is 10.2 Å². The standard InChI is InChI=1S/C15H24N2O2/c1-16-10-12-6-8-17(9-7-12)11-13-4-3-5-14(19-2)15(13)18/h3-5,12,16,18H,6-11H2,1-2H3. The van der Waals surface area contributed by atoms with Crippen molar-refractivity contribution in [3.05, 3.63) is 23.8 Å². The van der Waals surface area contributed by atoms with Gasteiger partial charge in [-0.3, -0.25) is 4.90 Å². The molecule has 1 aliphatic heterocycles. The monoisotopic (exact) mass is 264 g/mol. The van der Waals surface area contributed by atoms with Crippen LogP contribution in [0.15, 0.2) is 18.2 Å². The molecule has 0 aliphatic carbocycles. The predicted octanol–water partition coefficient (Wildman–Crippen LogP) is 1.83. The average Bonchev–Trinajstić information content (AvgIpc) is 2.43. The summed E-state index contributed by atoms with van der Waals surface area (Å²) >= 11 is 0. The smallest absolute Gasteiger partial charge is 0.162 e. The predicted molar refractivity (Wildman–Crippen MR) is 76.6 cm³/mol. The van der Waals surface area contributed by atoms with E-state index < -0.39 is 0 Å². The molecule has 0 atom stereocenters. The molecular formula is C15H24N2O2. The zero-order valence-electron chi connectivity index (χ0n) is 11.9. The lowest BCUT2D eigenvalue weighted by Gasteiger charge is -2.32. The molecule has 0 amide bonds. The Balaban J connectivity index is 1.92. The number of hydrogen-bond donors (Lipinski definition) is 2. The Morgan fingerprint density at radius 1 is 1.37 bits per heavy atom. The lowest BCUT2D eigenvalue weighted by molar-refractivity contribution is 0.175. The van der Waals surface area contributed by atoms with E-state index in [0.717, 1.165) is 37.7 Å². The number of nitrogens with zero attached hydrogens (tertiary/aromatic N) is 1. The van der Waals surface area contributed by atoms with E-state index in [9.17, 15) is 5.11 Å². The van der Waals surface area contributed by atoms with Crippen LogP contribution in [-0.4, -0.2) is 43.8 Å². The number of para-hydroxylation sites is 1. The maximum Gasteiger partial charge on any atom is 0.162 e. The first-order chi connectivity index (χ1) is 9.24. The van der Waals surface area contributed by atoms with E-state index in [-0.39, 0.29) is 5.75 Å². The van der Waals surface area contributed by atoms with Crippen molar-refractivity contribution in [3.8, 4) is 11.5 Å². The Labute approximate surface area is 115 Å². The van der Waals surface area contributed by atoms with Gasteiger partial charge in [0.05, 0.1) is 7.11 Å². The third-order valence-corrected chi connectivity index (χ3v) is 3.90. The van der Waals surface area contributed by atoms with E-state index in [0.29, 0.717) is 5.75 Å². The van der Waals surface area contributed by atoms with Gasteiger partial charge in [0, 0.05) is 12.1 Å². The minimum absolute atomic E-state index is 0.280. The van der Waals surface area contributed by atoms with Crippen LogP contribution in [-0.2, 0) is 6.54 Å². The average molecular weight is 264 g/mol. The van der Waals surface area contributed by atoms with E-state index in [1.807, 2.05) is 19.2 Å². The Morgan fingerprint density at radius 2 is 2.11 bits per heavy atom. The quantitative estimate of drug-likeness (QED) is 0.851. The molecule has 1 heterocycles. The van der Waals surface area contributed by atoms with Crippen molar-refractivity contribution in [1.82, 2.24) is 10.2 Å². The van der Waals surface area contributed by atoms with Crippen LogP contribution in [0.1, 0.15) is 18.4 Å². The fourth-order valence-corrected chi connectivity index (χ4v) is 2.74. The lowest BCUT2D eigenvalue weighted by atomic mass is 9.96. The SMILES string of the molecule is CNCC1CCN(Cc2cccc(OC)c2O)CC1. The van der Waals surface area contributed by atoms with Crippen molar-refractivity contribution in [2.45, 2.75) is 19.4 Å². The summed E-state index contributed by atoms with van der Waals surface area (Å²) in [6.45, 7) is 4.11. The second-order valence-electron chi connectivity index (χ2n) is 5.25.